The Morgan fingerprint density at radius 2 is 1.93 bits per heavy atom. The van der Waals surface area contributed by atoms with Gasteiger partial charge in [0.15, 0.2) is 5.79 Å². The maximum atomic E-state index is 13.1. The van der Waals surface area contributed by atoms with E-state index in [4.69, 9.17) is 13.9 Å². The van der Waals surface area contributed by atoms with Gasteiger partial charge in [0.05, 0.1) is 31.9 Å². The van der Waals surface area contributed by atoms with Crippen LogP contribution >= 0.6 is 0 Å². The van der Waals surface area contributed by atoms with E-state index in [1.807, 2.05) is 0 Å². The van der Waals surface area contributed by atoms with E-state index in [2.05, 4.69) is 5.32 Å². The number of piperidine rings is 2. The van der Waals surface area contributed by atoms with Crippen molar-refractivity contribution in [3.63, 3.8) is 0 Å². The molecule has 0 radical (unpaired) electrons. The van der Waals surface area contributed by atoms with Gasteiger partial charge in [-0.1, -0.05) is 0 Å². The number of hydrogen-bond acceptors (Lipinski definition) is 6. The molecule has 0 aromatic carbocycles. The first-order valence-corrected chi connectivity index (χ1v) is 11.2. The molecule has 28 heavy (non-hydrogen) atoms. The van der Waals surface area contributed by atoms with Gasteiger partial charge in [-0.25, -0.2) is 0 Å². The summed E-state index contributed by atoms with van der Waals surface area (Å²) >= 11 is 0. The summed E-state index contributed by atoms with van der Waals surface area (Å²) in [6, 6.07) is 3.56. The topological polar surface area (TPSA) is 101 Å². The summed E-state index contributed by atoms with van der Waals surface area (Å²) in [6.45, 7) is 2.83. The highest BCUT2D eigenvalue weighted by Gasteiger charge is 2.44. The summed E-state index contributed by atoms with van der Waals surface area (Å²) in [4.78, 5) is 12.5. The predicted molar refractivity (Wildman–Crippen MR) is 99.2 cm³/mol. The summed E-state index contributed by atoms with van der Waals surface area (Å²) in [5.74, 6) is -0.424. The van der Waals surface area contributed by atoms with Gasteiger partial charge in [-0.3, -0.25) is 4.79 Å². The minimum atomic E-state index is -3.60. The lowest BCUT2D eigenvalue weighted by molar-refractivity contribution is -0.179. The molecule has 0 saturated carbocycles. The Hall–Kier alpha value is -1.46. The molecule has 1 spiro atoms. The third kappa shape index (κ3) is 4.11. The van der Waals surface area contributed by atoms with E-state index in [0.717, 1.165) is 0 Å². The molecule has 0 bridgehead atoms. The Morgan fingerprint density at radius 3 is 2.61 bits per heavy atom. The summed E-state index contributed by atoms with van der Waals surface area (Å²) in [5.41, 5.74) is 0. The smallest absolute Gasteiger partial charge is 0.282 e. The molecule has 4 rings (SSSR count). The van der Waals surface area contributed by atoms with Gasteiger partial charge in [-0.05, 0) is 25.0 Å². The van der Waals surface area contributed by atoms with Crippen LogP contribution in [0.25, 0.3) is 0 Å². The highest BCUT2D eigenvalue weighted by atomic mass is 32.2. The van der Waals surface area contributed by atoms with Crippen molar-refractivity contribution in [1.82, 2.24) is 13.9 Å². The van der Waals surface area contributed by atoms with E-state index in [0.29, 0.717) is 70.8 Å². The van der Waals surface area contributed by atoms with Crippen molar-refractivity contribution in [1.29, 1.82) is 0 Å². The summed E-state index contributed by atoms with van der Waals surface area (Å²) in [5, 5.41) is 2.84. The van der Waals surface area contributed by atoms with Crippen molar-refractivity contribution in [2.75, 3.05) is 39.4 Å². The second kappa shape index (κ2) is 8.11. The summed E-state index contributed by atoms with van der Waals surface area (Å²) in [6.07, 6.45) is 3.98. The number of nitrogens with one attached hydrogen (secondary N) is 1. The van der Waals surface area contributed by atoms with Gasteiger partial charge in [0, 0.05) is 39.0 Å². The first kappa shape index (κ1) is 19.8. The molecule has 10 heteroatoms. The number of nitrogens with zero attached hydrogens (tertiary/aromatic N) is 2. The monoisotopic (exact) mass is 413 g/mol. The Balaban J connectivity index is 1.33. The molecular formula is C18H27N3O6S. The molecule has 1 amide bonds. The SMILES string of the molecule is O=C(NCc1ccco1)C1CCCN(S(=O)(=O)N2CCC3(CC2)OCCO3)C1. The molecule has 1 N–H and O–H groups in total. The number of ether oxygens (including phenoxy) is 2. The summed E-state index contributed by atoms with van der Waals surface area (Å²) in [7, 11) is -3.60. The first-order valence-electron chi connectivity index (χ1n) is 9.82. The van der Waals surface area contributed by atoms with Crippen LogP contribution in [-0.4, -0.2) is 68.1 Å². The number of hydrogen-bond donors (Lipinski definition) is 1. The molecule has 156 valence electrons. The van der Waals surface area contributed by atoms with Crippen molar-refractivity contribution in [3.8, 4) is 0 Å². The highest BCUT2D eigenvalue weighted by molar-refractivity contribution is 7.86. The molecule has 1 aromatic heterocycles. The molecule has 1 unspecified atom stereocenters. The molecule has 4 heterocycles. The predicted octanol–water partition coefficient (Wildman–Crippen LogP) is 0.692. The van der Waals surface area contributed by atoms with Crippen LogP contribution in [0.5, 0.6) is 0 Å². The zero-order chi connectivity index (χ0) is 19.6. The summed E-state index contributed by atoms with van der Waals surface area (Å²) < 4.78 is 45.7. The molecule has 0 aliphatic carbocycles. The molecule has 3 saturated heterocycles. The maximum absolute atomic E-state index is 13.1. The Bertz CT molecular complexity index is 765. The van der Waals surface area contributed by atoms with Crippen molar-refractivity contribution in [3.05, 3.63) is 24.2 Å². The van der Waals surface area contributed by atoms with Gasteiger partial charge in [0.2, 0.25) is 5.91 Å². The average molecular weight is 413 g/mol. The lowest BCUT2D eigenvalue weighted by Crippen LogP contribution is -2.54. The minimum Gasteiger partial charge on any atom is -0.467 e. The standard InChI is InChI=1S/C18H27N3O6S/c22-17(19-13-16-4-2-10-25-16)15-3-1-7-21(14-15)28(23,24)20-8-5-18(6-9-20)26-11-12-27-18/h2,4,10,15H,1,3,5-9,11-14H2,(H,19,22). The molecule has 3 aliphatic rings. The third-order valence-electron chi connectivity index (χ3n) is 5.72. The fourth-order valence-electron chi connectivity index (χ4n) is 4.10. The van der Waals surface area contributed by atoms with E-state index >= 15 is 0 Å². The van der Waals surface area contributed by atoms with Crippen molar-refractivity contribution < 1.29 is 27.1 Å². The number of carbonyl (C=O) groups excluding carboxylic acids is 1. The van der Waals surface area contributed by atoms with Crippen LogP contribution in [0.15, 0.2) is 22.8 Å². The quantitative estimate of drug-likeness (QED) is 0.762. The largest absolute Gasteiger partial charge is 0.467 e. The van der Waals surface area contributed by atoms with E-state index in [9.17, 15) is 13.2 Å². The van der Waals surface area contributed by atoms with Gasteiger partial charge in [-0.15, -0.1) is 0 Å². The maximum Gasteiger partial charge on any atom is 0.282 e. The van der Waals surface area contributed by atoms with E-state index < -0.39 is 16.0 Å². The van der Waals surface area contributed by atoms with Crippen molar-refractivity contribution in [2.24, 2.45) is 5.92 Å². The Labute approximate surface area is 165 Å². The van der Waals surface area contributed by atoms with Crippen LogP contribution in [0.2, 0.25) is 0 Å². The lowest BCUT2D eigenvalue weighted by atomic mass is 9.99. The average Bonchev–Trinajstić information content (AvgIpc) is 3.39. The second-order valence-electron chi connectivity index (χ2n) is 7.51. The number of amides is 1. The second-order valence-corrected chi connectivity index (χ2v) is 9.44. The van der Waals surface area contributed by atoms with Crippen LogP contribution in [0.4, 0.5) is 0 Å². The van der Waals surface area contributed by atoms with Gasteiger partial charge in [0.25, 0.3) is 10.2 Å². The molecule has 3 aliphatic heterocycles. The third-order valence-corrected chi connectivity index (χ3v) is 7.72. The fraction of sp³-hybridized carbons (Fsp3) is 0.722. The van der Waals surface area contributed by atoms with Gasteiger partial charge in [-0.2, -0.15) is 17.0 Å². The van der Waals surface area contributed by atoms with Crippen LogP contribution in [0, 0.1) is 5.92 Å². The highest BCUT2D eigenvalue weighted by Crippen LogP contribution is 2.33. The number of rotatable bonds is 5. The van der Waals surface area contributed by atoms with Crippen LogP contribution in [-0.2, 0) is 31.0 Å². The molecule has 9 nitrogen and oxygen atoms in total. The van der Waals surface area contributed by atoms with Gasteiger partial charge < -0.3 is 19.2 Å². The minimum absolute atomic E-state index is 0.137. The molecule has 3 fully saturated rings. The van der Waals surface area contributed by atoms with E-state index in [1.54, 1.807) is 18.4 Å². The van der Waals surface area contributed by atoms with E-state index in [-0.39, 0.29) is 18.4 Å². The Morgan fingerprint density at radius 1 is 1.18 bits per heavy atom. The number of carbonyl (C=O) groups is 1. The van der Waals surface area contributed by atoms with Gasteiger partial charge >= 0.3 is 0 Å². The molecule has 1 atom stereocenters. The lowest BCUT2D eigenvalue weighted by Gasteiger charge is -2.40. The molecule has 1 aromatic rings. The normalized spacial score (nSPS) is 26.5. The van der Waals surface area contributed by atoms with Crippen molar-refractivity contribution >= 4 is 16.1 Å². The van der Waals surface area contributed by atoms with Gasteiger partial charge in [0.1, 0.15) is 5.76 Å². The van der Waals surface area contributed by atoms with Crippen molar-refractivity contribution in [2.45, 2.75) is 38.0 Å². The molecular weight excluding hydrogens is 386 g/mol. The van der Waals surface area contributed by atoms with E-state index in [1.165, 1.54) is 8.61 Å². The number of furan rings is 1. The fourth-order valence-corrected chi connectivity index (χ4v) is 5.80. The zero-order valence-corrected chi connectivity index (χ0v) is 16.7. The van der Waals surface area contributed by atoms with Crippen LogP contribution < -0.4 is 5.32 Å². The Kier molecular flexibility index (Phi) is 5.75. The van der Waals surface area contributed by atoms with Crippen LogP contribution in [0.1, 0.15) is 31.4 Å². The first-order chi connectivity index (χ1) is 13.5. The van der Waals surface area contributed by atoms with Crippen LogP contribution in [0.3, 0.4) is 0 Å². The zero-order valence-electron chi connectivity index (χ0n) is 15.8.